The smallest absolute Gasteiger partial charge is 0.254 e. The maximum atomic E-state index is 13.7. The number of para-hydroxylation sites is 2. The molecule has 1 aliphatic heterocycles. The van der Waals surface area contributed by atoms with Crippen LogP contribution in [0.25, 0.3) is 0 Å². The van der Waals surface area contributed by atoms with Crippen molar-refractivity contribution in [3.63, 3.8) is 0 Å². The van der Waals surface area contributed by atoms with Crippen LogP contribution < -0.4 is 15.4 Å². The largest absolute Gasteiger partial charge is 0.495 e. The number of nitrogens with zero attached hydrogens (tertiary/aromatic N) is 1. The molecule has 9 heteroatoms. The Morgan fingerprint density at radius 3 is 2.47 bits per heavy atom. The number of anilines is 1. The first-order chi connectivity index (χ1) is 18.3. The number of allylic oxidation sites excluding steroid dienone is 2. The molecule has 0 saturated heterocycles. The topological polar surface area (TPSA) is 91.2 Å². The summed E-state index contributed by atoms with van der Waals surface area (Å²) in [4.78, 5) is 26.5. The summed E-state index contributed by atoms with van der Waals surface area (Å²) < 4.78 is 6.26. The molecule has 2 N–H and O–H groups in total. The van der Waals surface area contributed by atoms with Gasteiger partial charge >= 0.3 is 0 Å². The molecule has 1 aliphatic rings. The van der Waals surface area contributed by atoms with Crippen LogP contribution >= 0.6 is 39.3 Å². The summed E-state index contributed by atoms with van der Waals surface area (Å²) in [6.45, 7) is 1.77. The third-order valence-corrected chi connectivity index (χ3v) is 7.87. The minimum absolute atomic E-state index is 0.0790. The number of thioether (sulfide) groups is 1. The molecule has 4 rings (SSSR count). The van der Waals surface area contributed by atoms with Crippen molar-refractivity contribution >= 4 is 56.7 Å². The summed E-state index contributed by atoms with van der Waals surface area (Å²) >= 11 is 11.2. The van der Waals surface area contributed by atoms with E-state index in [1.807, 2.05) is 24.3 Å². The molecule has 3 aromatic rings. The maximum Gasteiger partial charge on any atom is 0.254 e. The number of carbonyl (C=O) groups is 2. The minimum atomic E-state index is -0.741. The van der Waals surface area contributed by atoms with Crippen molar-refractivity contribution in [1.29, 1.82) is 5.26 Å². The van der Waals surface area contributed by atoms with Crippen molar-refractivity contribution in [1.82, 2.24) is 5.32 Å². The maximum absolute atomic E-state index is 13.7. The quantitative estimate of drug-likeness (QED) is 0.266. The lowest BCUT2D eigenvalue weighted by Crippen LogP contribution is -2.31. The predicted molar refractivity (Wildman–Crippen MR) is 155 cm³/mol. The zero-order valence-electron chi connectivity index (χ0n) is 20.5. The van der Waals surface area contributed by atoms with E-state index in [1.165, 1.54) is 18.9 Å². The molecule has 1 amide bonds. The van der Waals surface area contributed by atoms with E-state index in [0.717, 1.165) is 4.47 Å². The average Bonchev–Trinajstić information content (AvgIpc) is 2.92. The molecular weight excluding hydrogens is 586 g/mol. The Hall–Kier alpha value is -3.51. The number of Topliss-reactive ketones (excluding diaryl/α,β-unsaturated/α-hetero) is 1. The van der Waals surface area contributed by atoms with Gasteiger partial charge in [0.15, 0.2) is 5.78 Å². The molecule has 0 unspecified atom stereocenters. The number of hydrogen-bond donors (Lipinski definition) is 2. The summed E-state index contributed by atoms with van der Waals surface area (Å²) in [6, 6.07) is 23.6. The monoisotopic (exact) mass is 607 g/mol. The zero-order valence-corrected chi connectivity index (χ0v) is 23.7. The van der Waals surface area contributed by atoms with E-state index in [1.54, 1.807) is 55.5 Å². The molecule has 6 nitrogen and oxygen atoms in total. The molecule has 0 aliphatic carbocycles. The molecule has 3 aromatic carbocycles. The number of amides is 1. The summed E-state index contributed by atoms with van der Waals surface area (Å²) in [6.07, 6.45) is 0. The average molecular weight is 609 g/mol. The van der Waals surface area contributed by atoms with Gasteiger partial charge in [0, 0.05) is 26.3 Å². The van der Waals surface area contributed by atoms with Gasteiger partial charge in [0.1, 0.15) is 5.75 Å². The standard InChI is InChI=1S/C29H23BrClN3O3S/c1-17-26(28(36)34-23-9-5-6-10-25(23)37-2)27(20-7-3-4-8-22(20)31)21(15-32)29(33-17)38-16-24(35)18-11-13-19(30)14-12-18/h3-14,27,33H,16H2,1-2H3,(H,34,36)/t27-/m1/s1. The second-order valence-electron chi connectivity index (χ2n) is 8.35. The first kappa shape index (κ1) is 27.5. The van der Waals surface area contributed by atoms with Crippen LogP contribution in [0.4, 0.5) is 5.69 Å². The highest BCUT2D eigenvalue weighted by Crippen LogP contribution is 2.43. The lowest BCUT2D eigenvalue weighted by molar-refractivity contribution is -0.113. The number of halogens is 2. The number of rotatable bonds is 8. The lowest BCUT2D eigenvalue weighted by atomic mass is 9.82. The number of nitrogens with one attached hydrogen (secondary N) is 2. The van der Waals surface area contributed by atoms with Gasteiger partial charge in [-0.05, 0) is 42.8 Å². The van der Waals surface area contributed by atoms with Gasteiger partial charge < -0.3 is 15.4 Å². The molecular formula is C29H23BrClN3O3S. The molecule has 0 aromatic heterocycles. The van der Waals surface area contributed by atoms with Crippen LogP contribution in [-0.4, -0.2) is 24.6 Å². The van der Waals surface area contributed by atoms with E-state index in [2.05, 4.69) is 32.6 Å². The molecule has 1 heterocycles. The van der Waals surface area contributed by atoms with Crippen LogP contribution in [0.3, 0.4) is 0 Å². The van der Waals surface area contributed by atoms with Gasteiger partial charge in [0.2, 0.25) is 0 Å². The lowest BCUT2D eigenvalue weighted by Gasteiger charge is -2.30. The van der Waals surface area contributed by atoms with E-state index in [0.29, 0.717) is 49.5 Å². The normalized spacial score (nSPS) is 15.0. The molecule has 0 radical (unpaired) electrons. The fourth-order valence-corrected chi connectivity index (χ4v) is 5.64. The number of dihydropyridines is 1. The van der Waals surface area contributed by atoms with E-state index in [9.17, 15) is 14.9 Å². The minimum Gasteiger partial charge on any atom is -0.495 e. The molecule has 192 valence electrons. The van der Waals surface area contributed by atoms with Gasteiger partial charge in [-0.15, -0.1) is 0 Å². The Bertz CT molecular complexity index is 1500. The molecule has 1 atom stereocenters. The van der Waals surface area contributed by atoms with E-state index in [4.69, 9.17) is 16.3 Å². The van der Waals surface area contributed by atoms with Crippen molar-refractivity contribution in [3.05, 3.63) is 115 Å². The molecule has 0 fully saturated rings. The predicted octanol–water partition coefficient (Wildman–Crippen LogP) is 7.06. The zero-order chi connectivity index (χ0) is 27.2. The Balaban J connectivity index is 1.70. The summed E-state index contributed by atoms with van der Waals surface area (Å²) in [5.74, 6) is -0.594. The first-order valence-corrected chi connectivity index (χ1v) is 13.7. The highest BCUT2D eigenvalue weighted by molar-refractivity contribution is 9.10. The van der Waals surface area contributed by atoms with Crippen molar-refractivity contribution in [3.8, 4) is 11.8 Å². The Kier molecular flexibility index (Phi) is 8.95. The molecule has 0 spiro atoms. The number of ether oxygens (including phenoxy) is 1. The van der Waals surface area contributed by atoms with Gasteiger partial charge in [-0.1, -0.05) is 81.8 Å². The molecule has 0 saturated carbocycles. The first-order valence-electron chi connectivity index (χ1n) is 11.6. The van der Waals surface area contributed by atoms with Crippen molar-refractivity contribution in [2.45, 2.75) is 12.8 Å². The number of hydrogen-bond acceptors (Lipinski definition) is 6. The highest BCUT2D eigenvalue weighted by Gasteiger charge is 2.36. The third kappa shape index (κ3) is 5.97. The third-order valence-electron chi connectivity index (χ3n) is 5.98. The SMILES string of the molecule is COc1ccccc1NC(=O)C1=C(C)NC(SCC(=O)c2ccc(Br)cc2)=C(C#N)[C@H]1c1ccccc1Cl. The highest BCUT2D eigenvalue weighted by atomic mass is 79.9. The Labute approximate surface area is 238 Å². The Morgan fingerprint density at radius 1 is 1.11 bits per heavy atom. The number of methoxy groups -OCH3 is 1. The van der Waals surface area contributed by atoms with Gasteiger partial charge in [-0.25, -0.2) is 0 Å². The summed E-state index contributed by atoms with van der Waals surface area (Å²) in [5.41, 5.74) is 2.91. The van der Waals surface area contributed by atoms with E-state index >= 15 is 0 Å². The van der Waals surface area contributed by atoms with Gasteiger partial charge in [0.25, 0.3) is 5.91 Å². The second kappa shape index (κ2) is 12.4. The summed E-state index contributed by atoms with van der Waals surface area (Å²) in [7, 11) is 1.53. The van der Waals surface area contributed by atoms with Crippen molar-refractivity contribution < 1.29 is 14.3 Å². The van der Waals surface area contributed by atoms with Crippen LogP contribution in [0.5, 0.6) is 5.75 Å². The van der Waals surface area contributed by atoms with Crippen molar-refractivity contribution in [2.24, 2.45) is 0 Å². The van der Waals surface area contributed by atoms with Crippen LogP contribution in [0.15, 0.2) is 99.1 Å². The fourth-order valence-electron chi connectivity index (χ4n) is 4.14. The van der Waals surface area contributed by atoms with Gasteiger partial charge in [-0.3, -0.25) is 9.59 Å². The second-order valence-corrected chi connectivity index (χ2v) is 10.7. The van der Waals surface area contributed by atoms with Gasteiger partial charge in [-0.2, -0.15) is 5.26 Å². The Morgan fingerprint density at radius 2 is 1.79 bits per heavy atom. The van der Waals surface area contributed by atoms with Crippen molar-refractivity contribution in [2.75, 3.05) is 18.2 Å². The number of benzene rings is 3. The van der Waals surface area contributed by atoms with Gasteiger partial charge in [0.05, 0.1) is 41.1 Å². The number of nitriles is 1. The van der Waals surface area contributed by atoms with Crippen LogP contribution in [-0.2, 0) is 4.79 Å². The van der Waals surface area contributed by atoms with E-state index < -0.39 is 11.8 Å². The van der Waals surface area contributed by atoms with Crippen LogP contribution in [0.1, 0.15) is 28.8 Å². The van der Waals surface area contributed by atoms with Crippen LogP contribution in [0, 0.1) is 11.3 Å². The molecule has 0 bridgehead atoms. The fraction of sp³-hybridized carbons (Fsp3) is 0.138. The summed E-state index contributed by atoms with van der Waals surface area (Å²) in [5, 5.41) is 17.3. The molecule has 38 heavy (non-hydrogen) atoms. The van der Waals surface area contributed by atoms with Crippen LogP contribution in [0.2, 0.25) is 5.02 Å². The van der Waals surface area contributed by atoms with E-state index in [-0.39, 0.29) is 11.5 Å². The number of ketones is 1. The number of carbonyl (C=O) groups excluding carboxylic acids is 2.